The van der Waals surface area contributed by atoms with E-state index in [1.54, 1.807) is 12.1 Å². The fraction of sp³-hybridized carbons (Fsp3) is 0.250. The number of benzene rings is 2. The fourth-order valence-corrected chi connectivity index (χ4v) is 3.94. The van der Waals surface area contributed by atoms with E-state index in [0.717, 1.165) is 22.0 Å². The third kappa shape index (κ3) is 4.68. The fourth-order valence-electron chi connectivity index (χ4n) is 3.01. The Morgan fingerprint density at radius 1 is 1.11 bits per heavy atom. The molecule has 0 atom stereocenters. The maximum Gasteiger partial charge on any atom is 0.232 e. The number of para-hydroxylation sites is 1. The number of sulfonamides is 1. The van der Waals surface area contributed by atoms with Gasteiger partial charge in [0.05, 0.1) is 24.9 Å². The lowest BCUT2D eigenvalue weighted by Crippen LogP contribution is -2.38. The van der Waals surface area contributed by atoms with Gasteiger partial charge in [-0.3, -0.25) is 9.10 Å². The Morgan fingerprint density at radius 2 is 1.81 bits per heavy atom. The Kier molecular flexibility index (Phi) is 5.51. The molecule has 0 aliphatic carbocycles. The Morgan fingerprint density at radius 3 is 2.52 bits per heavy atom. The van der Waals surface area contributed by atoms with Crippen LogP contribution in [-0.4, -0.2) is 38.7 Å². The van der Waals surface area contributed by atoms with Crippen LogP contribution in [0.15, 0.2) is 54.7 Å². The molecule has 0 aliphatic heterocycles. The molecule has 142 valence electrons. The summed E-state index contributed by atoms with van der Waals surface area (Å²) in [6.45, 7) is 2.36. The molecule has 1 heterocycles. The van der Waals surface area contributed by atoms with Crippen molar-refractivity contribution in [1.82, 2.24) is 10.3 Å². The van der Waals surface area contributed by atoms with E-state index in [1.165, 1.54) is 10.6 Å². The molecule has 6 nitrogen and oxygen atoms in total. The van der Waals surface area contributed by atoms with Crippen molar-refractivity contribution in [3.63, 3.8) is 0 Å². The van der Waals surface area contributed by atoms with Gasteiger partial charge in [0.1, 0.15) is 0 Å². The first-order valence-electron chi connectivity index (χ1n) is 8.70. The van der Waals surface area contributed by atoms with Gasteiger partial charge in [-0.1, -0.05) is 35.9 Å². The van der Waals surface area contributed by atoms with Gasteiger partial charge in [-0.05, 0) is 30.7 Å². The number of carbonyl (C=O) groups excluding carboxylic acids is 1. The summed E-state index contributed by atoms with van der Waals surface area (Å²) in [6.07, 6.45) is 3.24. The Hall–Kier alpha value is -2.80. The molecular weight excluding hydrogens is 362 g/mol. The van der Waals surface area contributed by atoms with Crippen molar-refractivity contribution in [3.05, 3.63) is 65.9 Å². The van der Waals surface area contributed by atoms with E-state index in [1.807, 2.05) is 49.5 Å². The average Bonchev–Trinajstić information content (AvgIpc) is 3.02. The summed E-state index contributed by atoms with van der Waals surface area (Å²) < 4.78 is 25.5. The van der Waals surface area contributed by atoms with Crippen molar-refractivity contribution in [2.24, 2.45) is 0 Å². The largest absolute Gasteiger partial charge is 0.361 e. The molecule has 0 bridgehead atoms. The normalized spacial score (nSPS) is 11.5. The molecule has 3 rings (SSSR count). The zero-order chi connectivity index (χ0) is 19.4. The highest BCUT2D eigenvalue weighted by Gasteiger charge is 2.17. The molecule has 27 heavy (non-hydrogen) atoms. The predicted octanol–water partition coefficient (Wildman–Crippen LogP) is 2.60. The van der Waals surface area contributed by atoms with E-state index < -0.39 is 10.0 Å². The summed E-state index contributed by atoms with van der Waals surface area (Å²) in [5.74, 6) is -0.142. The Bertz CT molecular complexity index is 1040. The van der Waals surface area contributed by atoms with Crippen LogP contribution in [-0.2, 0) is 21.2 Å². The third-order valence-corrected chi connectivity index (χ3v) is 5.58. The first kappa shape index (κ1) is 19.0. The van der Waals surface area contributed by atoms with Crippen LogP contribution in [0.2, 0.25) is 0 Å². The highest BCUT2D eigenvalue weighted by Crippen LogP contribution is 2.19. The minimum atomic E-state index is -3.43. The first-order valence-corrected chi connectivity index (χ1v) is 10.6. The monoisotopic (exact) mass is 385 g/mol. The van der Waals surface area contributed by atoms with Crippen LogP contribution in [0.3, 0.4) is 0 Å². The number of fused-ring (bicyclic) bond motifs is 1. The summed E-state index contributed by atoms with van der Waals surface area (Å²) in [4.78, 5) is 15.4. The molecule has 0 fully saturated rings. The lowest BCUT2D eigenvalue weighted by atomic mass is 10.1. The first-order chi connectivity index (χ1) is 12.8. The van der Waals surface area contributed by atoms with Gasteiger partial charge in [-0.25, -0.2) is 8.42 Å². The van der Waals surface area contributed by atoms with Crippen molar-refractivity contribution in [3.8, 4) is 0 Å². The van der Waals surface area contributed by atoms with Crippen molar-refractivity contribution in [2.45, 2.75) is 13.3 Å². The standard InChI is InChI=1S/C20H23N3O3S/c1-15-7-9-17(10-8-15)23(27(2,25)26)12-11-21-20(24)13-16-14-22-19-6-4-3-5-18(16)19/h3-10,14,22H,11-13H2,1-2H3,(H,21,24). The molecule has 0 saturated carbocycles. The predicted molar refractivity (Wildman–Crippen MR) is 108 cm³/mol. The van der Waals surface area contributed by atoms with Crippen LogP contribution in [0.5, 0.6) is 0 Å². The highest BCUT2D eigenvalue weighted by atomic mass is 32.2. The quantitative estimate of drug-likeness (QED) is 0.656. The van der Waals surface area contributed by atoms with Crippen molar-refractivity contribution < 1.29 is 13.2 Å². The second-order valence-corrected chi connectivity index (χ2v) is 8.46. The summed E-state index contributed by atoms with van der Waals surface area (Å²) in [5, 5.41) is 3.83. The van der Waals surface area contributed by atoms with E-state index >= 15 is 0 Å². The number of aryl methyl sites for hydroxylation is 1. The van der Waals surface area contributed by atoms with Crippen molar-refractivity contribution >= 4 is 32.5 Å². The number of H-pyrrole nitrogens is 1. The number of aromatic nitrogens is 1. The van der Waals surface area contributed by atoms with E-state index in [4.69, 9.17) is 0 Å². The van der Waals surface area contributed by atoms with E-state index in [-0.39, 0.29) is 25.4 Å². The van der Waals surface area contributed by atoms with Gasteiger partial charge in [0.25, 0.3) is 0 Å². The summed E-state index contributed by atoms with van der Waals surface area (Å²) >= 11 is 0. The van der Waals surface area contributed by atoms with E-state index in [9.17, 15) is 13.2 Å². The van der Waals surface area contributed by atoms with Crippen LogP contribution < -0.4 is 9.62 Å². The smallest absolute Gasteiger partial charge is 0.232 e. The molecule has 0 radical (unpaired) electrons. The molecule has 7 heteroatoms. The molecule has 2 N–H and O–H groups in total. The van der Waals surface area contributed by atoms with Gasteiger partial charge in [-0.2, -0.15) is 0 Å². The van der Waals surface area contributed by atoms with E-state index in [2.05, 4.69) is 10.3 Å². The van der Waals surface area contributed by atoms with Crippen LogP contribution in [0.4, 0.5) is 5.69 Å². The molecule has 0 spiro atoms. The molecule has 0 saturated heterocycles. The highest BCUT2D eigenvalue weighted by molar-refractivity contribution is 7.92. The zero-order valence-corrected chi connectivity index (χ0v) is 16.2. The molecule has 3 aromatic rings. The number of nitrogens with zero attached hydrogens (tertiary/aromatic N) is 1. The lowest BCUT2D eigenvalue weighted by Gasteiger charge is -2.22. The third-order valence-electron chi connectivity index (χ3n) is 4.39. The van der Waals surface area contributed by atoms with Gasteiger partial charge in [0, 0.05) is 23.6 Å². The Labute approximate surface area is 159 Å². The number of nitrogens with one attached hydrogen (secondary N) is 2. The van der Waals surface area contributed by atoms with Crippen LogP contribution in [0.25, 0.3) is 10.9 Å². The van der Waals surface area contributed by atoms with Gasteiger partial charge in [-0.15, -0.1) is 0 Å². The minimum Gasteiger partial charge on any atom is -0.361 e. The second-order valence-electron chi connectivity index (χ2n) is 6.56. The van der Waals surface area contributed by atoms with Gasteiger partial charge in [0.15, 0.2) is 0 Å². The van der Waals surface area contributed by atoms with Gasteiger partial charge in [0.2, 0.25) is 15.9 Å². The number of rotatable bonds is 7. The number of amides is 1. The van der Waals surface area contributed by atoms with Crippen molar-refractivity contribution in [2.75, 3.05) is 23.7 Å². The topological polar surface area (TPSA) is 82.3 Å². The van der Waals surface area contributed by atoms with Crippen molar-refractivity contribution in [1.29, 1.82) is 0 Å². The number of anilines is 1. The summed E-state index contributed by atoms with van der Waals surface area (Å²) in [6, 6.07) is 15.1. The minimum absolute atomic E-state index is 0.142. The molecule has 1 amide bonds. The maximum absolute atomic E-state index is 12.3. The molecule has 0 aliphatic rings. The lowest BCUT2D eigenvalue weighted by molar-refractivity contribution is -0.120. The summed E-state index contributed by atoms with van der Waals surface area (Å²) in [7, 11) is -3.43. The second kappa shape index (κ2) is 7.84. The number of hydrogen-bond acceptors (Lipinski definition) is 3. The number of aromatic amines is 1. The maximum atomic E-state index is 12.3. The average molecular weight is 385 g/mol. The van der Waals surface area contributed by atoms with Crippen LogP contribution in [0.1, 0.15) is 11.1 Å². The SMILES string of the molecule is Cc1ccc(N(CCNC(=O)Cc2c[nH]c3ccccc23)S(C)(=O)=O)cc1. The number of carbonyl (C=O) groups is 1. The van der Waals surface area contributed by atoms with Gasteiger partial charge >= 0.3 is 0 Å². The molecule has 1 aromatic heterocycles. The molecular formula is C20H23N3O3S. The van der Waals surface area contributed by atoms with E-state index in [0.29, 0.717) is 5.69 Å². The van der Waals surface area contributed by atoms with Gasteiger partial charge < -0.3 is 10.3 Å². The zero-order valence-electron chi connectivity index (χ0n) is 15.4. The molecule has 2 aromatic carbocycles. The number of hydrogen-bond donors (Lipinski definition) is 2. The summed E-state index contributed by atoms with van der Waals surface area (Å²) in [5.41, 5.74) is 3.55. The van der Waals surface area contributed by atoms with Crippen LogP contribution >= 0.6 is 0 Å². The molecule has 0 unspecified atom stereocenters. The Balaban J connectivity index is 1.61. The van der Waals surface area contributed by atoms with Crippen LogP contribution in [0, 0.1) is 6.92 Å².